The van der Waals surface area contributed by atoms with Crippen LogP contribution in [0.5, 0.6) is 0 Å². The van der Waals surface area contributed by atoms with Crippen molar-refractivity contribution in [2.24, 2.45) is 4.99 Å². The molecular weight excluding hydrogens is 305 g/mol. The molecule has 1 heterocycles. The van der Waals surface area contributed by atoms with Gasteiger partial charge in [0.1, 0.15) is 5.82 Å². The van der Waals surface area contributed by atoms with E-state index >= 15 is 0 Å². The van der Waals surface area contributed by atoms with Gasteiger partial charge in [-0.15, -0.1) is 0 Å². The number of halogens is 1. The van der Waals surface area contributed by atoms with E-state index in [0.29, 0.717) is 30.2 Å². The van der Waals surface area contributed by atoms with Gasteiger partial charge in [-0.3, -0.25) is 4.98 Å². The van der Waals surface area contributed by atoms with Gasteiger partial charge in [-0.1, -0.05) is 12.1 Å². The first-order valence-corrected chi connectivity index (χ1v) is 7.83. The standard InChI is InChI=1S/C18H20FN5/c1-2-21-18(23-10-8-16-5-3-4-9-22-16)24-13-15-7-6-14(12-20)11-17(15)19/h3-7,9,11H,2,8,10,13H2,1H3,(H2,21,23,24). The highest BCUT2D eigenvalue weighted by Crippen LogP contribution is 2.11. The monoisotopic (exact) mass is 325 g/mol. The number of nitrogens with zero attached hydrogens (tertiary/aromatic N) is 3. The van der Waals surface area contributed by atoms with Crippen LogP contribution in [0, 0.1) is 17.1 Å². The number of rotatable bonds is 6. The van der Waals surface area contributed by atoms with Crippen molar-refractivity contribution in [2.45, 2.75) is 19.9 Å². The van der Waals surface area contributed by atoms with Crippen LogP contribution in [-0.2, 0) is 13.0 Å². The lowest BCUT2D eigenvalue weighted by molar-refractivity contribution is 0.609. The molecule has 0 atom stereocenters. The van der Waals surface area contributed by atoms with Crippen LogP contribution >= 0.6 is 0 Å². The predicted molar refractivity (Wildman–Crippen MR) is 91.9 cm³/mol. The Bertz CT molecular complexity index is 722. The van der Waals surface area contributed by atoms with Crippen LogP contribution in [0.2, 0.25) is 0 Å². The number of hydrogen-bond acceptors (Lipinski definition) is 3. The molecule has 2 aromatic rings. The van der Waals surface area contributed by atoms with Crippen LogP contribution in [0.3, 0.4) is 0 Å². The molecule has 0 fully saturated rings. The highest BCUT2D eigenvalue weighted by molar-refractivity contribution is 5.79. The summed E-state index contributed by atoms with van der Waals surface area (Å²) in [7, 11) is 0. The summed E-state index contributed by atoms with van der Waals surface area (Å²) < 4.78 is 13.9. The van der Waals surface area contributed by atoms with Crippen molar-refractivity contribution < 1.29 is 4.39 Å². The molecule has 2 N–H and O–H groups in total. The number of aromatic nitrogens is 1. The molecule has 5 nitrogen and oxygen atoms in total. The van der Waals surface area contributed by atoms with E-state index in [1.807, 2.05) is 31.2 Å². The Hall–Kier alpha value is -2.94. The third kappa shape index (κ3) is 5.36. The molecule has 0 spiro atoms. The minimum Gasteiger partial charge on any atom is -0.357 e. The van der Waals surface area contributed by atoms with Gasteiger partial charge in [-0.05, 0) is 31.2 Å². The summed E-state index contributed by atoms with van der Waals surface area (Å²) in [6.45, 7) is 3.57. The van der Waals surface area contributed by atoms with E-state index in [-0.39, 0.29) is 6.54 Å². The second-order valence-corrected chi connectivity index (χ2v) is 5.11. The number of nitriles is 1. The third-order valence-corrected chi connectivity index (χ3v) is 3.33. The maximum Gasteiger partial charge on any atom is 0.191 e. The number of nitrogens with one attached hydrogen (secondary N) is 2. The lowest BCUT2D eigenvalue weighted by Gasteiger charge is -2.11. The molecule has 0 aliphatic rings. The van der Waals surface area contributed by atoms with Crippen molar-refractivity contribution >= 4 is 5.96 Å². The van der Waals surface area contributed by atoms with Crippen molar-refractivity contribution in [2.75, 3.05) is 13.1 Å². The van der Waals surface area contributed by atoms with Crippen molar-refractivity contribution in [1.29, 1.82) is 5.26 Å². The average molecular weight is 325 g/mol. The molecule has 0 bridgehead atoms. The highest BCUT2D eigenvalue weighted by atomic mass is 19.1. The zero-order chi connectivity index (χ0) is 17.2. The molecule has 24 heavy (non-hydrogen) atoms. The molecule has 0 radical (unpaired) electrons. The van der Waals surface area contributed by atoms with Gasteiger partial charge in [0.15, 0.2) is 5.96 Å². The fourth-order valence-corrected chi connectivity index (χ4v) is 2.11. The summed E-state index contributed by atoms with van der Waals surface area (Å²) in [5.74, 6) is 0.208. The van der Waals surface area contributed by atoms with E-state index in [9.17, 15) is 4.39 Å². The maximum atomic E-state index is 13.9. The molecule has 0 aliphatic heterocycles. The minimum atomic E-state index is -0.415. The Morgan fingerprint density at radius 2 is 2.17 bits per heavy atom. The maximum absolute atomic E-state index is 13.9. The number of hydrogen-bond donors (Lipinski definition) is 2. The SMILES string of the molecule is CCNC(=NCc1ccc(C#N)cc1F)NCCc1ccccn1. The van der Waals surface area contributed by atoms with Crippen molar-refractivity contribution in [3.05, 3.63) is 65.2 Å². The second kappa shape index (κ2) is 9.26. The molecule has 1 aromatic heterocycles. The van der Waals surface area contributed by atoms with Crippen LogP contribution < -0.4 is 10.6 Å². The lowest BCUT2D eigenvalue weighted by atomic mass is 10.1. The largest absolute Gasteiger partial charge is 0.357 e. The molecule has 0 amide bonds. The van der Waals surface area contributed by atoms with Crippen molar-refractivity contribution in [3.63, 3.8) is 0 Å². The van der Waals surface area contributed by atoms with E-state index in [0.717, 1.165) is 12.1 Å². The Kier molecular flexibility index (Phi) is 6.72. The summed E-state index contributed by atoms with van der Waals surface area (Å²) in [6.07, 6.45) is 2.54. The van der Waals surface area contributed by atoms with E-state index in [1.54, 1.807) is 18.3 Å². The van der Waals surface area contributed by atoms with Crippen LogP contribution in [0.4, 0.5) is 4.39 Å². The summed E-state index contributed by atoms with van der Waals surface area (Å²) in [5, 5.41) is 15.1. The van der Waals surface area contributed by atoms with E-state index in [4.69, 9.17) is 5.26 Å². The van der Waals surface area contributed by atoms with E-state index < -0.39 is 5.82 Å². The third-order valence-electron chi connectivity index (χ3n) is 3.33. The summed E-state index contributed by atoms with van der Waals surface area (Å²) in [5.41, 5.74) is 1.76. The minimum absolute atomic E-state index is 0.205. The Morgan fingerprint density at radius 3 is 2.83 bits per heavy atom. The number of benzene rings is 1. The number of pyridine rings is 1. The Balaban J connectivity index is 1.94. The predicted octanol–water partition coefficient (Wildman–Crippen LogP) is 2.39. The Labute approximate surface area is 141 Å². The van der Waals surface area contributed by atoms with E-state index in [1.165, 1.54) is 6.07 Å². The van der Waals surface area contributed by atoms with Gasteiger partial charge in [-0.25, -0.2) is 9.38 Å². The fraction of sp³-hybridized carbons (Fsp3) is 0.278. The number of guanidine groups is 1. The molecule has 1 aromatic carbocycles. The van der Waals surface area contributed by atoms with E-state index in [2.05, 4.69) is 20.6 Å². The van der Waals surface area contributed by atoms with Gasteiger partial charge in [0.25, 0.3) is 0 Å². The Morgan fingerprint density at radius 1 is 1.29 bits per heavy atom. The lowest BCUT2D eigenvalue weighted by Crippen LogP contribution is -2.38. The van der Waals surface area contributed by atoms with Gasteiger partial charge in [0, 0.05) is 37.0 Å². The van der Waals surface area contributed by atoms with Crippen LogP contribution in [0.1, 0.15) is 23.7 Å². The average Bonchev–Trinajstić information content (AvgIpc) is 2.61. The summed E-state index contributed by atoms with van der Waals surface area (Å²) >= 11 is 0. The molecular formula is C18H20FN5. The highest BCUT2D eigenvalue weighted by Gasteiger charge is 2.04. The fourth-order valence-electron chi connectivity index (χ4n) is 2.11. The first-order chi connectivity index (χ1) is 11.7. The van der Waals surface area contributed by atoms with Crippen LogP contribution in [-0.4, -0.2) is 24.0 Å². The second-order valence-electron chi connectivity index (χ2n) is 5.11. The quantitative estimate of drug-likeness (QED) is 0.632. The van der Waals surface area contributed by atoms with Crippen molar-refractivity contribution in [3.8, 4) is 6.07 Å². The molecule has 0 saturated carbocycles. The summed E-state index contributed by atoms with van der Waals surface area (Å²) in [6, 6.07) is 12.1. The van der Waals surface area contributed by atoms with Gasteiger partial charge in [-0.2, -0.15) is 5.26 Å². The normalized spacial score (nSPS) is 11.0. The van der Waals surface area contributed by atoms with Gasteiger partial charge >= 0.3 is 0 Å². The zero-order valence-electron chi connectivity index (χ0n) is 13.6. The van der Waals surface area contributed by atoms with Gasteiger partial charge in [0.05, 0.1) is 18.2 Å². The van der Waals surface area contributed by atoms with Crippen LogP contribution in [0.15, 0.2) is 47.6 Å². The van der Waals surface area contributed by atoms with Gasteiger partial charge in [0.2, 0.25) is 0 Å². The smallest absolute Gasteiger partial charge is 0.191 e. The van der Waals surface area contributed by atoms with Gasteiger partial charge < -0.3 is 10.6 Å². The zero-order valence-corrected chi connectivity index (χ0v) is 13.6. The van der Waals surface area contributed by atoms with Crippen molar-refractivity contribution in [1.82, 2.24) is 15.6 Å². The molecule has 124 valence electrons. The van der Waals surface area contributed by atoms with Crippen LogP contribution in [0.25, 0.3) is 0 Å². The molecule has 6 heteroatoms. The topological polar surface area (TPSA) is 73.1 Å². The molecule has 0 aliphatic carbocycles. The molecule has 0 saturated heterocycles. The number of aliphatic imine (C=N–C) groups is 1. The first kappa shape index (κ1) is 17.4. The summed E-state index contributed by atoms with van der Waals surface area (Å²) in [4.78, 5) is 8.65. The first-order valence-electron chi connectivity index (χ1n) is 7.83. The molecule has 0 unspecified atom stereocenters. The molecule has 2 rings (SSSR count).